The molecule has 2 aliphatic heterocycles. The average Bonchev–Trinajstić information content (AvgIpc) is 3.44. The lowest BCUT2D eigenvalue weighted by molar-refractivity contribution is -0.137. The largest absolute Gasteiger partial charge is 0.460 e. The first kappa shape index (κ1) is 25.6. The highest BCUT2D eigenvalue weighted by atomic mass is 32.1. The van der Waals surface area contributed by atoms with Crippen molar-refractivity contribution < 1.29 is 31.8 Å². The first-order valence-electron chi connectivity index (χ1n) is 12.9. The molecule has 0 radical (unpaired) electrons. The Balaban J connectivity index is 1.48. The molecule has 2 saturated heterocycles. The molecule has 4 aromatic rings. The highest BCUT2D eigenvalue weighted by Crippen LogP contribution is 2.46. The van der Waals surface area contributed by atoms with E-state index >= 15 is 4.39 Å². The first-order valence-corrected chi connectivity index (χ1v) is 13.7. The second kappa shape index (κ2) is 9.08. The fourth-order valence-electron chi connectivity index (χ4n) is 5.92. The predicted molar refractivity (Wildman–Crippen MR) is 139 cm³/mol. The molecule has 40 heavy (non-hydrogen) atoms. The fraction of sp³-hybridized carbons (Fsp3) is 0.423. The first-order chi connectivity index (χ1) is 19.0. The monoisotopic (exact) mass is 578 g/mol. The van der Waals surface area contributed by atoms with Crippen molar-refractivity contribution in [1.82, 2.24) is 20.3 Å². The Kier molecular flexibility index (Phi) is 5.81. The summed E-state index contributed by atoms with van der Waals surface area (Å²) in [6.07, 6.45) is -3.39. The van der Waals surface area contributed by atoms with Crippen molar-refractivity contribution in [3.05, 3.63) is 35.4 Å². The van der Waals surface area contributed by atoms with E-state index in [1.165, 1.54) is 0 Å². The van der Waals surface area contributed by atoms with Crippen molar-refractivity contribution in [1.29, 1.82) is 0 Å². The standard InChI is InChI=1S/C26H23F5N6O2S/c27-17-4-3-14(21-22(17)40-24(32)34-21)18-16(26(29,30)31)7-15-20(19(18)28)35-25(39-13-5-12(38)6-13)36-23(15)37-8-10-1-2-11(9-37)33-10/h3-4,7,10-13,33,38H,1-2,5-6,8-9H2,(H2,32,34). The predicted octanol–water partition coefficient (Wildman–Crippen LogP) is 4.63. The lowest BCUT2D eigenvalue weighted by atomic mass is 9.92. The molecule has 7 rings (SSSR count). The van der Waals surface area contributed by atoms with Crippen molar-refractivity contribution in [2.75, 3.05) is 23.7 Å². The van der Waals surface area contributed by atoms with Crippen molar-refractivity contribution in [3.8, 4) is 17.1 Å². The molecular weight excluding hydrogens is 555 g/mol. The van der Waals surface area contributed by atoms with Gasteiger partial charge in [-0.1, -0.05) is 11.3 Å². The molecule has 2 unspecified atom stereocenters. The number of nitrogens with zero attached hydrogens (tertiary/aromatic N) is 4. The van der Waals surface area contributed by atoms with Gasteiger partial charge in [0.1, 0.15) is 23.3 Å². The van der Waals surface area contributed by atoms with Crippen LogP contribution < -0.4 is 20.7 Å². The number of nitrogens with two attached hydrogens (primary N) is 1. The van der Waals surface area contributed by atoms with Gasteiger partial charge >= 0.3 is 12.2 Å². The Labute approximate surface area is 228 Å². The number of hydrogen-bond acceptors (Lipinski definition) is 9. The third-order valence-corrected chi connectivity index (χ3v) is 8.73. The van der Waals surface area contributed by atoms with Gasteiger partial charge in [-0.3, -0.25) is 0 Å². The van der Waals surface area contributed by atoms with E-state index in [2.05, 4.69) is 20.3 Å². The molecule has 14 heteroatoms. The lowest BCUT2D eigenvalue weighted by Crippen LogP contribution is -2.51. The molecule has 4 heterocycles. The smallest absolute Gasteiger partial charge is 0.417 e. The van der Waals surface area contributed by atoms with Crippen LogP contribution in [-0.2, 0) is 6.18 Å². The number of aliphatic hydroxyl groups is 1. The van der Waals surface area contributed by atoms with Crippen molar-refractivity contribution in [2.45, 2.75) is 56.2 Å². The molecule has 2 aromatic carbocycles. The van der Waals surface area contributed by atoms with E-state index in [0.717, 1.165) is 42.4 Å². The molecule has 3 fully saturated rings. The zero-order valence-corrected chi connectivity index (χ0v) is 21.6. The van der Waals surface area contributed by atoms with Gasteiger partial charge in [-0.15, -0.1) is 0 Å². The Hall–Kier alpha value is -3.36. The second-order valence-corrected chi connectivity index (χ2v) is 11.6. The zero-order valence-electron chi connectivity index (χ0n) is 20.8. The van der Waals surface area contributed by atoms with Gasteiger partial charge in [0.05, 0.1) is 21.9 Å². The van der Waals surface area contributed by atoms with Gasteiger partial charge in [-0.2, -0.15) is 23.1 Å². The molecule has 1 aliphatic carbocycles. The number of ether oxygens (including phenoxy) is 1. The van der Waals surface area contributed by atoms with Crippen LogP contribution in [0.1, 0.15) is 31.2 Å². The van der Waals surface area contributed by atoms with E-state index in [9.17, 15) is 22.7 Å². The molecule has 2 atom stereocenters. The number of aromatic nitrogens is 3. The quantitative estimate of drug-likeness (QED) is 0.301. The van der Waals surface area contributed by atoms with Crippen molar-refractivity contribution in [2.24, 2.45) is 0 Å². The van der Waals surface area contributed by atoms with Crippen molar-refractivity contribution >= 4 is 43.4 Å². The number of hydrogen-bond donors (Lipinski definition) is 3. The molecule has 3 aliphatic rings. The molecule has 1 saturated carbocycles. The van der Waals surface area contributed by atoms with Gasteiger partial charge in [-0.25, -0.2) is 13.8 Å². The van der Waals surface area contributed by atoms with E-state index in [0.29, 0.717) is 25.9 Å². The summed E-state index contributed by atoms with van der Waals surface area (Å²) in [4.78, 5) is 14.6. The number of fused-ring (bicyclic) bond motifs is 4. The van der Waals surface area contributed by atoms with Gasteiger partial charge in [0, 0.05) is 54.5 Å². The maximum Gasteiger partial charge on any atom is 0.417 e. The third-order valence-electron chi connectivity index (χ3n) is 7.84. The number of benzene rings is 2. The van der Waals surface area contributed by atoms with Gasteiger partial charge in [0.2, 0.25) is 0 Å². The molecule has 8 nitrogen and oxygen atoms in total. The molecule has 2 bridgehead atoms. The van der Waals surface area contributed by atoms with Crippen molar-refractivity contribution in [3.63, 3.8) is 0 Å². The number of nitrogen functional groups attached to an aromatic ring is 1. The van der Waals surface area contributed by atoms with E-state index in [1.54, 1.807) is 0 Å². The minimum absolute atomic E-state index is 0.0626. The third kappa shape index (κ3) is 4.20. The number of rotatable bonds is 4. The summed E-state index contributed by atoms with van der Waals surface area (Å²) < 4.78 is 80.5. The molecular formula is C26H23F5N6O2S. The van der Waals surface area contributed by atoms with E-state index in [4.69, 9.17) is 10.5 Å². The molecule has 0 amide bonds. The van der Waals surface area contributed by atoms with Gasteiger partial charge in [-0.05, 0) is 31.0 Å². The SMILES string of the molecule is Nc1nc2c(-c3c(C(F)(F)F)cc4c(N5CC6CCC(C5)N6)nc(OC5CC(O)C5)nc4c3F)ccc(F)c2s1. The summed E-state index contributed by atoms with van der Waals surface area (Å²) in [5, 5.41) is 13.0. The lowest BCUT2D eigenvalue weighted by Gasteiger charge is -2.35. The minimum Gasteiger partial charge on any atom is -0.460 e. The topological polar surface area (TPSA) is 109 Å². The van der Waals surface area contributed by atoms with Crippen LogP contribution in [-0.4, -0.2) is 57.4 Å². The summed E-state index contributed by atoms with van der Waals surface area (Å²) in [5.41, 5.74) is 2.92. The van der Waals surface area contributed by atoms with Crippen LogP contribution in [0, 0.1) is 11.6 Å². The van der Waals surface area contributed by atoms with E-state index in [1.807, 2.05) is 4.90 Å². The summed E-state index contributed by atoms with van der Waals surface area (Å²) in [5.74, 6) is -1.82. The Morgan fingerprint density at radius 3 is 2.45 bits per heavy atom. The number of alkyl halides is 3. The Morgan fingerprint density at radius 2 is 1.77 bits per heavy atom. The van der Waals surface area contributed by atoms with Crippen LogP contribution in [0.2, 0.25) is 0 Å². The highest BCUT2D eigenvalue weighted by molar-refractivity contribution is 7.22. The zero-order chi connectivity index (χ0) is 27.9. The van der Waals surface area contributed by atoms with Crippen LogP contribution in [0.25, 0.3) is 32.2 Å². The van der Waals surface area contributed by atoms with Crippen LogP contribution >= 0.6 is 11.3 Å². The maximum absolute atomic E-state index is 16.5. The number of nitrogens with one attached hydrogen (secondary N) is 1. The summed E-state index contributed by atoms with van der Waals surface area (Å²) in [7, 11) is 0. The molecule has 2 aromatic heterocycles. The van der Waals surface area contributed by atoms with Gasteiger partial charge < -0.3 is 25.8 Å². The minimum atomic E-state index is -4.97. The fourth-order valence-corrected chi connectivity index (χ4v) is 6.68. The van der Waals surface area contributed by atoms with Gasteiger partial charge in [0.25, 0.3) is 0 Å². The normalized spacial score (nSPS) is 24.6. The summed E-state index contributed by atoms with van der Waals surface area (Å²) in [6, 6.07) is 2.97. The van der Waals surface area contributed by atoms with E-state index < -0.39 is 41.1 Å². The molecule has 0 spiro atoms. The van der Waals surface area contributed by atoms with Crippen LogP contribution in [0.5, 0.6) is 6.01 Å². The molecule has 4 N–H and O–H groups in total. The van der Waals surface area contributed by atoms with Crippen LogP contribution in [0.3, 0.4) is 0 Å². The number of piperazine rings is 1. The van der Waals surface area contributed by atoms with Crippen LogP contribution in [0.15, 0.2) is 18.2 Å². The number of aliphatic hydroxyl groups excluding tert-OH is 1. The summed E-state index contributed by atoms with van der Waals surface area (Å²) >= 11 is 0.766. The average molecular weight is 579 g/mol. The summed E-state index contributed by atoms with van der Waals surface area (Å²) in [6.45, 7) is 0.956. The second-order valence-electron chi connectivity index (χ2n) is 10.6. The van der Waals surface area contributed by atoms with Crippen LogP contribution in [0.4, 0.5) is 32.9 Å². The Morgan fingerprint density at radius 1 is 1.05 bits per heavy atom. The number of anilines is 2. The highest BCUT2D eigenvalue weighted by Gasteiger charge is 2.40. The van der Waals surface area contributed by atoms with E-state index in [-0.39, 0.29) is 55.7 Å². The van der Waals surface area contributed by atoms with Gasteiger partial charge in [0.15, 0.2) is 10.9 Å². The maximum atomic E-state index is 16.5. The molecule has 210 valence electrons. The Bertz CT molecular complexity index is 1640. The number of thiazole rings is 1. The number of halogens is 5.